The van der Waals surface area contributed by atoms with Gasteiger partial charge in [-0.1, -0.05) is 181 Å². The highest BCUT2D eigenvalue weighted by Crippen LogP contribution is 2.14. The maximum absolute atomic E-state index is 3.63. The Bertz CT molecular complexity index is 348. The molecular weight excluding hydrogens is 460 g/mol. The standard InChI is InChI=1S/C36H75N2/c1-3-5-7-9-11-13-15-17-19-21-23-25-27-29-33-37-35-31-32-36-38-34-30-28-26-24-22-20-18-16-14-12-10-8-6-4-2/h31,37-38H,3-30,32-36H2,1-2H3. The smallest absolute Gasteiger partial charge is 0.00169 e. The van der Waals surface area contributed by atoms with Crippen molar-refractivity contribution in [1.29, 1.82) is 0 Å². The fourth-order valence-electron chi connectivity index (χ4n) is 5.52. The maximum atomic E-state index is 3.63. The summed E-state index contributed by atoms with van der Waals surface area (Å²) in [6, 6.07) is 0. The van der Waals surface area contributed by atoms with Crippen LogP contribution >= 0.6 is 0 Å². The van der Waals surface area contributed by atoms with E-state index in [0.29, 0.717) is 0 Å². The summed E-state index contributed by atoms with van der Waals surface area (Å²) in [5, 5.41) is 7.23. The van der Waals surface area contributed by atoms with Crippen molar-refractivity contribution in [1.82, 2.24) is 10.6 Å². The van der Waals surface area contributed by atoms with E-state index in [9.17, 15) is 0 Å². The molecule has 0 aromatic rings. The third-order valence-corrected chi connectivity index (χ3v) is 8.23. The highest BCUT2D eigenvalue weighted by atomic mass is 14.9. The molecule has 0 saturated carbocycles. The van der Waals surface area contributed by atoms with Crippen LogP contribution in [-0.2, 0) is 0 Å². The van der Waals surface area contributed by atoms with E-state index in [0.717, 1.165) is 13.1 Å². The van der Waals surface area contributed by atoms with E-state index in [-0.39, 0.29) is 0 Å². The first-order valence-corrected chi connectivity index (χ1v) is 18.1. The molecule has 2 N–H and O–H groups in total. The van der Waals surface area contributed by atoms with E-state index >= 15 is 0 Å². The summed E-state index contributed by atoms with van der Waals surface area (Å²) in [7, 11) is 0. The lowest BCUT2D eigenvalue weighted by atomic mass is 10.0. The van der Waals surface area contributed by atoms with Gasteiger partial charge in [0.15, 0.2) is 0 Å². The Hall–Kier alpha value is -0.0800. The fraction of sp³-hybridized carbons (Fsp3) is 0.972. The van der Waals surface area contributed by atoms with Crippen molar-refractivity contribution in [3.63, 3.8) is 0 Å². The second kappa shape index (κ2) is 36.9. The van der Waals surface area contributed by atoms with E-state index in [1.54, 1.807) is 0 Å². The third-order valence-electron chi connectivity index (χ3n) is 8.23. The summed E-state index contributed by atoms with van der Waals surface area (Å²) in [5.41, 5.74) is 0. The van der Waals surface area contributed by atoms with Gasteiger partial charge in [-0.2, -0.15) is 0 Å². The molecule has 0 aliphatic rings. The zero-order chi connectivity index (χ0) is 27.5. The van der Waals surface area contributed by atoms with E-state index in [2.05, 4.69) is 30.9 Å². The Morgan fingerprint density at radius 3 is 0.947 bits per heavy atom. The summed E-state index contributed by atoms with van der Waals surface area (Å²) in [4.78, 5) is 0. The first kappa shape index (κ1) is 37.9. The average Bonchev–Trinajstić information content (AvgIpc) is 2.93. The highest BCUT2D eigenvalue weighted by Gasteiger charge is 1.96. The molecule has 0 amide bonds. The molecule has 229 valence electrons. The molecule has 0 aliphatic carbocycles. The normalized spacial score (nSPS) is 11.5. The molecule has 0 heterocycles. The summed E-state index contributed by atoms with van der Waals surface area (Å²) >= 11 is 0. The molecule has 0 spiro atoms. The molecule has 0 fully saturated rings. The largest absolute Gasteiger partial charge is 0.317 e. The van der Waals surface area contributed by atoms with Crippen LogP contribution in [0.5, 0.6) is 0 Å². The second-order valence-corrected chi connectivity index (χ2v) is 12.2. The van der Waals surface area contributed by atoms with Crippen molar-refractivity contribution < 1.29 is 0 Å². The molecular formula is C36H75N2. The minimum absolute atomic E-state index is 1.08. The first-order valence-electron chi connectivity index (χ1n) is 18.1. The Kier molecular flexibility index (Phi) is 36.8. The van der Waals surface area contributed by atoms with Crippen LogP contribution in [0.15, 0.2) is 0 Å². The minimum atomic E-state index is 1.08. The Morgan fingerprint density at radius 1 is 0.316 bits per heavy atom. The third kappa shape index (κ3) is 35.9. The fourth-order valence-corrected chi connectivity index (χ4v) is 5.52. The lowest BCUT2D eigenvalue weighted by Gasteiger charge is -2.07. The van der Waals surface area contributed by atoms with Gasteiger partial charge in [-0.15, -0.1) is 0 Å². The number of hydrogen-bond donors (Lipinski definition) is 2. The van der Waals surface area contributed by atoms with Crippen molar-refractivity contribution in [2.24, 2.45) is 0 Å². The molecule has 0 unspecified atom stereocenters. The molecule has 1 radical (unpaired) electrons. The van der Waals surface area contributed by atoms with Crippen LogP contribution in [0.25, 0.3) is 0 Å². The molecule has 0 rings (SSSR count). The number of rotatable bonds is 35. The molecule has 0 saturated heterocycles. The van der Waals surface area contributed by atoms with E-state index in [4.69, 9.17) is 0 Å². The predicted octanol–water partition coefficient (Wildman–Crippen LogP) is 11.7. The van der Waals surface area contributed by atoms with Crippen molar-refractivity contribution in [2.45, 2.75) is 200 Å². The lowest BCUT2D eigenvalue weighted by Crippen LogP contribution is -2.21. The zero-order valence-corrected chi connectivity index (χ0v) is 26.9. The van der Waals surface area contributed by atoms with Crippen molar-refractivity contribution >= 4 is 0 Å². The predicted molar refractivity (Wildman–Crippen MR) is 175 cm³/mol. The van der Waals surface area contributed by atoms with Crippen LogP contribution in [0.3, 0.4) is 0 Å². The van der Waals surface area contributed by atoms with Crippen LogP contribution in [0, 0.1) is 6.42 Å². The lowest BCUT2D eigenvalue weighted by molar-refractivity contribution is 0.528. The van der Waals surface area contributed by atoms with Crippen molar-refractivity contribution in [3.05, 3.63) is 6.42 Å². The van der Waals surface area contributed by atoms with Gasteiger partial charge in [-0.05, 0) is 51.9 Å². The van der Waals surface area contributed by atoms with E-state index in [1.165, 1.54) is 199 Å². The molecule has 2 heteroatoms. The Balaban J connectivity index is 3.01. The quantitative estimate of drug-likeness (QED) is 0.0788. The van der Waals surface area contributed by atoms with Crippen molar-refractivity contribution in [2.75, 3.05) is 26.2 Å². The Morgan fingerprint density at radius 2 is 0.605 bits per heavy atom. The summed E-state index contributed by atoms with van der Waals surface area (Å²) in [6.45, 7) is 9.24. The molecule has 0 aromatic carbocycles. The van der Waals surface area contributed by atoms with Crippen molar-refractivity contribution in [3.8, 4) is 0 Å². The average molecular weight is 536 g/mol. The summed E-state index contributed by atoms with van der Waals surface area (Å²) in [6.07, 6.45) is 44.0. The summed E-state index contributed by atoms with van der Waals surface area (Å²) < 4.78 is 0. The van der Waals surface area contributed by atoms with Gasteiger partial charge in [-0.3, -0.25) is 0 Å². The van der Waals surface area contributed by atoms with Gasteiger partial charge in [0.1, 0.15) is 0 Å². The van der Waals surface area contributed by atoms with Gasteiger partial charge < -0.3 is 10.6 Å². The van der Waals surface area contributed by atoms with Gasteiger partial charge in [0.2, 0.25) is 0 Å². The number of nitrogens with one attached hydrogen (secondary N) is 2. The monoisotopic (exact) mass is 536 g/mol. The maximum Gasteiger partial charge on any atom is -0.00169 e. The van der Waals surface area contributed by atoms with Crippen LogP contribution in [0.2, 0.25) is 0 Å². The second-order valence-electron chi connectivity index (χ2n) is 12.2. The van der Waals surface area contributed by atoms with Crippen LogP contribution in [0.1, 0.15) is 200 Å². The van der Waals surface area contributed by atoms with Crippen LogP contribution < -0.4 is 10.6 Å². The minimum Gasteiger partial charge on any atom is -0.317 e. The van der Waals surface area contributed by atoms with Crippen LogP contribution in [0.4, 0.5) is 0 Å². The topological polar surface area (TPSA) is 24.1 Å². The Labute approximate surface area is 243 Å². The van der Waals surface area contributed by atoms with Gasteiger partial charge in [0, 0.05) is 0 Å². The van der Waals surface area contributed by atoms with Gasteiger partial charge in [-0.25, -0.2) is 0 Å². The van der Waals surface area contributed by atoms with Crippen LogP contribution in [-0.4, -0.2) is 26.2 Å². The molecule has 0 aromatic heterocycles. The molecule has 2 nitrogen and oxygen atoms in total. The first-order chi connectivity index (χ1) is 18.9. The van der Waals surface area contributed by atoms with Gasteiger partial charge in [0.05, 0.1) is 0 Å². The number of hydrogen-bond acceptors (Lipinski definition) is 2. The van der Waals surface area contributed by atoms with E-state index < -0.39 is 0 Å². The molecule has 0 atom stereocenters. The highest BCUT2D eigenvalue weighted by molar-refractivity contribution is 4.69. The number of unbranched alkanes of at least 4 members (excludes halogenated alkanes) is 27. The SMILES string of the molecule is CCCCCCCCCCCCCCCCNC[CH]CCNCCCCCCCCCCCCCCCC. The van der Waals surface area contributed by atoms with Gasteiger partial charge >= 0.3 is 0 Å². The zero-order valence-electron chi connectivity index (χ0n) is 26.9. The molecule has 38 heavy (non-hydrogen) atoms. The molecule has 0 bridgehead atoms. The summed E-state index contributed by atoms with van der Waals surface area (Å²) in [5.74, 6) is 0. The molecule has 0 aliphatic heterocycles. The van der Waals surface area contributed by atoms with E-state index in [1.807, 2.05) is 0 Å². The van der Waals surface area contributed by atoms with Gasteiger partial charge in [0.25, 0.3) is 0 Å².